The number of rotatable bonds is 4. The van der Waals surface area contributed by atoms with Gasteiger partial charge in [0.2, 0.25) is 0 Å². The molecule has 11 unspecified atom stereocenters. The number of ether oxygens (including phenoxy) is 2. The van der Waals surface area contributed by atoms with Gasteiger partial charge in [0.15, 0.2) is 6.29 Å². The molecule has 0 aromatic heterocycles. The highest BCUT2D eigenvalue weighted by Gasteiger charge is 2.60. The maximum atomic E-state index is 10.9. The Hall–Kier alpha value is -0.580. The number of aliphatic hydroxyl groups excluding tert-OH is 6. The largest absolute Gasteiger partial charge is 0.394 e. The summed E-state index contributed by atoms with van der Waals surface area (Å²) in [4.78, 5) is 0. The summed E-state index contributed by atoms with van der Waals surface area (Å²) in [5.41, 5.74) is -0.531. The first-order valence-electron chi connectivity index (χ1n) is 10.4. The molecule has 0 spiro atoms. The molecule has 1 saturated heterocycles. The van der Waals surface area contributed by atoms with E-state index in [2.05, 4.69) is 13.5 Å². The molecule has 11 atom stereocenters. The van der Waals surface area contributed by atoms with Crippen LogP contribution >= 0.6 is 0 Å². The summed E-state index contributed by atoms with van der Waals surface area (Å²) in [6, 6.07) is 0. The molecule has 2 saturated carbocycles. The highest BCUT2D eigenvalue weighted by Crippen LogP contribution is 2.57. The molecule has 1 heterocycles. The second kappa shape index (κ2) is 8.16. The van der Waals surface area contributed by atoms with Crippen LogP contribution in [0.2, 0.25) is 0 Å². The number of hydrogen-bond acceptors (Lipinski definition) is 8. The standard InChI is InChI=1S/C21H36O8/c1-10(2)11-7-14-20(3,8-12(11)23)6-5-15(24)21(14,4)29-19-18(27)17(26)16(25)13(9-22)28-19/h11-19,22-27H,1,5-9H2,2-4H3. The predicted octanol–water partition coefficient (Wildman–Crippen LogP) is -0.314. The molecular weight excluding hydrogens is 380 g/mol. The van der Waals surface area contributed by atoms with E-state index in [0.717, 1.165) is 12.0 Å². The Morgan fingerprint density at radius 3 is 2.34 bits per heavy atom. The topological polar surface area (TPSA) is 140 Å². The van der Waals surface area contributed by atoms with E-state index in [1.165, 1.54) is 0 Å². The number of hydrogen-bond donors (Lipinski definition) is 6. The Bertz CT molecular complexity index is 611. The van der Waals surface area contributed by atoms with Crippen molar-refractivity contribution in [2.75, 3.05) is 6.61 Å². The van der Waals surface area contributed by atoms with Gasteiger partial charge in [0, 0.05) is 5.92 Å². The lowest BCUT2D eigenvalue weighted by atomic mass is 9.51. The zero-order valence-corrected chi connectivity index (χ0v) is 17.4. The van der Waals surface area contributed by atoms with E-state index < -0.39 is 55.1 Å². The van der Waals surface area contributed by atoms with Crippen LogP contribution in [0.3, 0.4) is 0 Å². The van der Waals surface area contributed by atoms with Crippen molar-refractivity contribution in [1.82, 2.24) is 0 Å². The number of aliphatic hydroxyl groups is 6. The van der Waals surface area contributed by atoms with Crippen molar-refractivity contribution in [2.24, 2.45) is 17.3 Å². The third kappa shape index (κ3) is 3.90. The minimum Gasteiger partial charge on any atom is -0.394 e. The van der Waals surface area contributed by atoms with E-state index in [4.69, 9.17) is 9.47 Å². The molecule has 3 rings (SSSR count). The van der Waals surface area contributed by atoms with E-state index in [1.54, 1.807) is 6.92 Å². The van der Waals surface area contributed by atoms with Crippen LogP contribution in [0.5, 0.6) is 0 Å². The third-order valence-corrected chi connectivity index (χ3v) is 7.66. The fourth-order valence-corrected chi connectivity index (χ4v) is 5.75. The predicted molar refractivity (Wildman–Crippen MR) is 104 cm³/mol. The van der Waals surface area contributed by atoms with Gasteiger partial charge in [-0.2, -0.15) is 0 Å². The second-order valence-corrected chi connectivity index (χ2v) is 9.72. The minimum atomic E-state index is -1.54. The van der Waals surface area contributed by atoms with Crippen molar-refractivity contribution < 1.29 is 40.1 Å². The van der Waals surface area contributed by atoms with Gasteiger partial charge in [-0.25, -0.2) is 0 Å². The van der Waals surface area contributed by atoms with Gasteiger partial charge in [0.1, 0.15) is 24.4 Å². The third-order valence-electron chi connectivity index (χ3n) is 7.66. The molecule has 8 heteroatoms. The summed E-state index contributed by atoms with van der Waals surface area (Å²) in [5, 5.41) is 61.5. The summed E-state index contributed by atoms with van der Waals surface area (Å²) < 4.78 is 11.7. The average molecular weight is 417 g/mol. The van der Waals surface area contributed by atoms with Crippen LogP contribution in [0, 0.1) is 17.3 Å². The van der Waals surface area contributed by atoms with Gasteiger partial charge in [-0.15, -0.1) is 0 Å². The van der Waals surface area contributed by atoms with Gasteiger partial charge in [-0.1, -0.05) is 19.1 Å². The maximum Gasteiger partial charge on any atom is 0.187 e. The Labute approximate surface area is 171 Å². The molecule has 0 aromatic rings. The molecule has 8 nitrogen and oxygen atoms in total. The Morgan fingerprint density at radius 2 is 1.76 bits per heavy atom. The Kier molecular flexibility index (Phi) is 6.50. The Morgan fingerprint density at radius 1 is 1.10 bits per heavy atom. The quantitative estimate of drug-likeness (QED) is 0.343. The smallest absolute Gasteiger partial charge is 0.187 e. The van der Waals surface area contributed by atoms with Gasteiger partial charge in [0.05, 0.1) is 24.4 Å². The van der Waals surface area contributed by atoms with Crippen LogP contribution in [0.1, 0.15) is 46.5 Å². The van der Waals surface area contributed by atoms with Gasteiger partial charge in [-0.05, 0) is 50.9 Å². The van der Waals surface area contributed by atoms with E-state index in [9.17, 15) is 30.6 Å². The molecule has 6 N–H and O–H groups in total. The fraction of sp³-hybridized carbons (Fsp3) is 0.905. The van der Waals surface area contributed by atoms with Crippen molar-refractivity contribution in [3.05, 3.63) is 12.2 Å². The van der Waals surface area contributed by atoms with Crippen molar-refractivity contribution in [3.8, 4) is 0 Å². The molecule has 0 aromatic carbocycles. The van der Waals surface area contributed by atoms with E-state index in [-0.39, 0.29) is 17.3 Å². The molecule has 0 amide bonds. The molecule has 3 fully saturated rings. The zero-order valence-electron chi connectivity index (χ0n) is 17.4. The molecular formula is C21H36O8. The normalized spacial score (nSPS) is 53.3. The highest BCUT2D eigenvalue weighted by atomic mass is 16.7. The van der Waals surface area contributed by atoms with Crippen LogP contribution in [0.15, 0.2) is 12.2 Å². The zero-order chi connectivity index (χ0) is 21.7. The van der Waals surface area contributed by atoms with Gasteiger partial charge in [-0.3, -0.25) is 0 Å². The van der Waals surface area contributed by atoms with E-state index in [1.807, 2.05) is 6.92 Å². The van der Waals surface area contributed by atoms with Crippen molar-refractivity contribution in [3.63, 3.8) is 0 Å². The van der Waals surface area contributed by atoms with Crippen LogP contribution in [0.25, 0.3) is 0 Å². The lowest BCUT2D eigenvalue weighted by molar-refractivity contribution is -0.353. The SMILES string of the molecule is C=C(C)C1CC2C(C)(CCC(O)C2(C)OC2OC(CO)C(O)C(O)C2O)CC1O. The van der Waals surface area contributed by atoms with Gasteiger partial charge < -0.3 is 40.1 Å². The van der Waals surface area contributed by atoms with Crippen molar-refractivity contribution in [1.29, 1.82) is 0 Å². The molecule has 3 aliphatic rings. The van der Waals surface area contributed by atoms with Crippen LogP contribution in [-0.2, 0) is 9.47 Å². The average Bonchev–Trinajstić information content (AvgIpc) is 2.65. The summed E-state index contributed by atoms with van der Waals surface area (Å²) in [6.45, 7) is 9.19. The Balaban J connectivity index is 1.90. The van der Waals surface area contributed by atoms with Crippen molar-refractivity contribution >= 4 is 0 Å². The van der Waals surface area contributed by atoms with E-state index in [0.29, 0.717) is 19.3 Å². The summed E-state index contributed by atoms with van der Waals surface area (Å²) in [6.07, 6.45) is -5.98. The highest BCUT2D eigenvalue weighted by molar-refractivity contribution is 5.13. The first-order chi connectivity index (χ1) is 13.4. The molecule has 29 heavy (non-hydrogen) atoms. The van der Waals surface area contributed by atoms with Crippen LogP contribution in [0.4, 0.5) is 0 Å². The van der Waals surface area contributed by atoms with Gasteiger partial charge in [0.25, 0.3) is 0 Å². The van der Waals surface area contributed by atoms with Crippen molar-refractivity contribution in [2.45, 2.75) is 95.0 Å². The summed E-state index contributed by atoms with van der Waals surface area (Å²) in [5.74, 6) is -0.285. The first-order valence-corrected chi connectivity index (χ1v) is 10.4. The molecule has 0 radical (unpaired) electrons. The van der Waals surface area contributed by atoms with E-state index >= 15 is 0 Å². The van der Waals surface area contributed by atoms with Crippen LogP contribution < -0.4 is 0 Å². The summed E-state index contributed by atoms with van der Waals surface area (Å²) in [7, 11) is 0. The lowest BCUT2D eigenvalue weighted by Crippen LogP contribution is -2.66. The maximum absolute atomic E-state index is 10.9. The second-order valence-electron chi connectivity index (χ2n) is 9.72. The molecule has 2 aliphatic carbocycles. The first kappa shape index (κ1) is 23.1. The molecule has 168 valence electrons. The monoisotopic (exact) mass is 416 g/mol. The summed E-state index contributed by atoms with van der Waals surface area (Å²) >= 11 is 0. The van der Waals surface area contributed by atoms with Crippen LogP contribution in [-0.4, -0.2) is 85.8 Å². The fourth-order valence-electron chi connectivity index (χ4n) is 5.75. The molecule has 1 aliphatic heterocycles. The van der Waals surface area contributed by atoms with Gasteiger partial charge >= 0.3 is 0 Å². The minimum absolute atomic E-state index is 0.129. The molecule has 0 bridgehead atoms. The lowest BCUT2D eigenvalue weighted by Gasteiger charge is -2.59. The number of fused-ring (bicyclic) bond motifs is 1.